The van der Waals surface area contributed by atoms with E-state index >= 15 is 0 Å². The van der Waals surface area contributed by atoms with Gasteiger partial charge in [-0.25, -0.2) is 17.7 Å². The summed E-state index contributed by atoms with van der Waals surface area (Å²) in [5.41, 5.74) is 4.41. The lowest BCUT2D eigenvalue weighted by molar-refractivity contribution is -0.751. The maximum atomic E-state index is 14.9. The number of nitrogens with zero attached hydrogens (tertiary/aromatic N) is 3. The Morgan fingerprint density at radius 1 is 0.921 bits per heavy atom. The van der Waals surface area contributed by atoms with E-state index in [1.165, 1.54) is 28.0 Å². The van der Waals surface area contributed by atoms with Crippen LogP contribution in [-0.2, 0) is 17.5 Å². The van der Waals surface area contributed by atoms with Crippen LogP contribution in [0.3, 0.4) is 0 Å². The van der Waals surface area contributed by atoms with Gasteiger partial charge in [-0.2, -0.15) is 4.57 Å². The number of aryl methyl sites for hydroxylation is 2. The quantitative estimate of drug-likeness (QED) is 0.205. The minimum absolute atomic E-state index is 0.0608. The molecule has 0 aliphatic carbocycles. The summed E-state index contributed by atoms with van der Waals surface area (Å²) < 4.78 is 35.7. The highest BCUT2D eigenvalue weighted by molar-refractivity contribution is 5.97. The largest absolute Gasteiger partial charge is 0.294 e. The van der Waals surface area contributed by atoms with Crippen molar-refractivity contribution in [3.63, 3.8) is 0 Å². The molecule has 0 amide bonds. The van der Waals surface area contributed by atoms with E-state index in [9.17, 15) is 8.78 Å². The van der Waals surface area contributed by atoms with Crippen molar-refractivity contribution >= 4 is 16.4 Å². The highest BCUT2D eigenvalue weighted by atomic mass is 19.1. The number of hydrogen-bond acceptors (Lipinski definition) is 0. The molecule has 2 aromatic carbocycles. The van der Waals surface area contributed by atoms with Gasteiger partial charge in [0.25, 0.3) is 5.65 Å². The standard InChI is InChI=1S/C33H35F2N3/c1-5-32(4)33(6-2,26-12-9-11-24-14-18-37-19-20-38(32)31(37)30(24)26)15-10-17-36-16-8-7-13-28(36)29-23(3)21-25(34)22-27(29)35/h7-9,11-14,16,18-22H,5-6,10,15,17H2,1-4H3/q+2. The third-order valence-corrected chi connectivity index (χ3v) is 9.41. The molecule has 0 N–H and O–H groups in total. The van der Waals surface area contributed by atoms with Crippen molar-refractivity contribution in [2.24, 2.45) is 0 Å². The van der Waals surface area contributed by atoms with E-state index in [0.29, 0.717) is 11.1 Å². The fourth-order valence-corrected chi connectivity index (χ4v) is 7.35. The number of imidazole rings is 1. The smallest absolute Gasteiger partial charge is 0.224 e. The third-order valence-electron chi connectivity index (χ3n) is 9.41. The Morgan fingerprint density at radius 2 is 1.76 bits per heavy atom. The SMILES string of the molecule is CCC1(CCC[n+]2ccccc2-c2c(C)cc(F)cc2F)c2cccc3ccn4cc[n+](c4c23)C1(C)CC. The number of benzene rings is 2. The van der Waals surface area contributed by atoms with E-state index in [2.05, 4.69) is 77.2 Å². The Bertz CT molecular complexity index is 1660. The summed E-state index contributed by atoms with van der Waals surface area (Å²) in [6.45, 7) is 9.57. The Kier molecular flexibility index (Phi) is 5.86. The lowest BCUT2D eigenvalue weighted by atomic mass is 9.58. The predicted octanol–water partition coefficient (Wildman–Crippen LogP) is 7.19. The summed E-state index contributed by atoms with van der Waals surface area (Å²) in [5.74, 6) is -1.06. The second-order valence-corrected chi connectivity index (χ2v) is 11.0. The molecule has 0 radical (unpaired) electrons. The molecule has 2 atom stereocenters. The number of halogens is 2. The van der Waals surface area contributed by atoms with Crippen LogP contribution in [0.1, 0.15) is 57.6 Å². The Balaban J connectivity index is 1.42. The van der Waals surface area contributed by atoms with E-state index in [0.717, 1.165) is 44.0 Å². The Hall–Kier alpha value is -3.60. The minimum atomic E-state index is -0.543. The molecule has 0 saturated heterocycles. The molecule has 5 aromatic rings. The highest BCUT2D eigenvalue weighted by Crippen LogP contribution is 2.51. The average molecular weight is 512 g/mol. The first-order chi connectivity index (χ1) is 18.3. The van der Waals surface area contributed by atoms with Crippen LogP contribution in [-0.4, -0.2) is 4.40 Å². The molecule has 0 spiro atoms. The fraction of sp³-hybridized carbons (Fsp3) is 0.333. The van der Waals surface area contributed by atoms with Crippen molar-refractivity contribution in [2.45, 2.75) is 70.9 Å². The fourth-order valence-electron chi connectivity index (χ4n) is 7.35. The van der Waals surface area contributed by atoms with E-state index in [1.807, 2.05) is 24.4 Å². The molecule has 5 heteroatoms. The van der Waals surface area contributed by atoms with Gasteiger partial charge in [-0.3, -0.25) is 0 Å². The molecule has 1 aliphatic heterocycles. The predicted molar refractivity (Wildman–Crippen MR) is 147 cm³/mol. The molecule has 3 nitrogen and oxygen atoms in total. The van der Waals surface area contributed by atoms with Crippen LogP contribution in [0.15, 0.2) is 79.4 Å². The van der Waals surface area contributed by atoms with Crippen LogP contribution >= 0.6 is 0 Å². The summed E-state index contributed by atoms with van der Waals surface area (Å²) in [6, 6.07) is 17.2. The van der Waals surface area contributed by atoms with Crippen LogP contribution in [0.5, 0.6) is 0 Å². The normalized spacial score (nSPS) is 20.6. The minimum Gasteiger partial charge on any atom is -0.224 e. The molecular formula is C33H35F2N3+2. The molecule has 3 aromatic heterocycles. The van der Waals surface area contributed by atoms with Crippen molar-refractivity contribution in [1.82, 2.24) is 4.40 Å². The highest BCUT2D eigenvalue weighted by Gasteiger charge is 2.55. The Morgan fingerprint density at radius 3 is 2.53 bits per heavy atom. The second-order valence-electron chi connectivity index (χ2n) is 11.0. The third kappa shape index (κ3) is 3.37. The topological polar surface area (TPSA) is 12.2 Å². The second kappa shape index (κ2) is 9.00. The van der Waals surface area contributed by atoms with Gasteiger partial charge >= 0.3 is 0 Å². The molecule has 38 heavy (non-hydrogen) atoms. The van der Waals surface area contributed by atoms with Gasteiger partial charge in [-0.1, -0.05) is 32.0 Å². The van der Waals surface area contributed by atoms with Crippen LogP contribution < -0.4 is 9.13 Å². The number of rotatable bonds is 7. The molecular weight excluding hydrogens is 476 g/mol. The van der Waals surface area contributed by atoms with Gasteiger partial charge in [0, 0.05) is 30.0 Å². The van der Waals surface area contributed by atoms with Gasteiger partial charge in [0.1, 0.15) is 36.1 Å². The number of pyridine rings is 2. The maximum absolute atomic E-state index is 14.9. The Labute approximate surface area is 223 Å². The van der Waals surface area contributed by atoms with Crippen LogP contribution in [0, 0.1) is 18.6 Å². The van der Waals surface area contributed by atoms with Crippen molar-refractivity contribution in [3.05, 3.63) is 102 Å². The van der Waals surface area contributed by atoms with Crippen molar-refractivity contribution in [3.8, 4) is 11.3 Å². The molecule has 194 valence electrons. The molecule has 0 saturated carbocycles. The van der Waals surface area contributed by atoms with Gasteiger partial charge in [-0.15, -0.1) is 0 Å². The van der Waals surface area contributed by atoms with Gasteiger partial charge in [-0.05, 0) is 67.8 Å². The molecule has 6 rings (SSSR count). The van der Waals surface area contributed by atoms with E-state index < -0.39 is 11.6 Å². The number of aromatic nitrogens is 3. The average Bonchev–Trinajstić information content (AvgIpc) is 3.36. The molecule has 0 fully saturated rings. The summed E-state index contributed by atoms with van der Waals surface area (Å²) >= 11 is 0. The molecule has 4 heterocycles. The summed E-state index contributed by atoms with van der Waals surface area (Å²) in [4.78, 5) is 0. The monoisotopic (exact) mass is 511 g/mol. The molecule has 0 bridgehead atoms. The zero-order valence-electron chi connectivity index (χ0n) is 22.6. The maximum Gasteiger partial charge on any atom is 0.294 e. The first-order valence-electron chi connectivity index (χ1n) is 13.7. The van der Waals surface area contributed by atoms with Crippen LogP contribution in [0.25, 0.3) is 27.7 Å². The summed E-state index contributed by atoms with van der Waals surface area (Å²) in [7, 11) is 0. The van der Waals surface area contributed by atoms with E-state index in [1.54, 1.807) is 6.92 Å². The van der Waals surface area contributed by atoms with Gasteiger partial charge in [0.05, 0.1) is 17.1 Å². The first kappa shape index (κ1) is 24.7. The van der Waals surface area contributed by atoms with Crippen molar-refractivity contribution in [2.75, 3.05) is 0 Å². The van der Waals surface area contributed by atoms with Gasteiger partial charge < -0.3 is 0 Å². The van der Waals surface area contributed by atoms with Gasteiger partial charge in [0.15, 0.2) is 6.20 Å². The van der Waals surface area contributed by atoms with Crippen molar-refractivity contribution in [1.29, 1.82) is 0 Å². The van der Waals surface area contributed by atoms with Crippen LogP contribution in [0.4, 0.5) is 8.78 Å². The summed E-state index contributed by atoms with van der Waals surface area (Å²) in [5, 5.41) is 2.63. The molecule has 2 unspecified atom stereocenters. The first-order valence-corrected chi connectivity index (χ1v) is 13.7. The van der Waals surface area contributed by atoms with E-state index in [4.69, 9.17) is 0 Å². The van der Waals surface area contributed by atoms with Crippen LogP contribution in [0.2, 0.25) is 0 Å². The lowest BCUT2D eigenvalue weighted by Crippen LogP contribution is -2.67. The number of hydrogen-bond donors (Lipinski definition) is 0. The van der Waals surface area contributed by atoms with Gasteiger partial charge in [0.2, 0.25) is 5.69 Å². The zero-order chi connectivity index (χ0) is 26.7. The lowest BCUT2D eigenvalue weighted by Gasteiger charge is -2.49. The molecule has 1 aliphatic rings. The van der Waals surface area contributed by atoms with Crippen molar-refractivity contribution < 1.29 is 17.9 Å². The summed E-state index contributed by atoms with van der Waals surface area (Å²) in [6.07, 6.45) is 12.6. The van der Waals surface area contributed by atoms with E-state index in [-0.39, 0.29) is 11.0 Å². The zero-order valence-corrected chi connectivity index (χ0v) is 22.6.